The second kappa shape index (κ2) is 6.39. The maximum absolute atomic E-state index is 8.18. The fraction of sp³-hybridized carbons (Fsp3) is 0. The minimum Gasteiger partial charge on any atom is -0.412 e. The molecule has 5 heteroatoms. The summed E-state index contributed by atoms with van der Waals surface area (Å²) in [6, 6.07) is 7.74. The Kier molecular flexibility index (Phi) is 7.07. The smallest absolute Gasteiger partial charge is 0.139 e. The molecule has 0 aliphatic heterocycles. The van der Waals surface area contributed by atoms with Crippen molar-refractivity contribution in [2.75, 3.05) is 0 Å². The second-order valence-electron chi connectivity index (χ2n) is 2.16. The highest BCUT2D eigenvalue weighted by Crippen LogP contribution is 1.90. The molecule has 0 atom stereocenters. The maximum Gasteiger partial charge on any atom is 0.139 e. The molecule has 0 bridgehead atoms. The minimum atomic E-state index is 0. The molecule has 0 fully saturated rings. The predicted molar refractivity (Wildman–Crippen MR) is 51.2 cm³/mol. The number of hydrogen-bond donors (Lipinski definition) is 1. The lowest BCUT2D eigenvalue weighted by Crippen LogP contribution is -2.01. The lowest BCUT2D eigenvalue weighted by molar-refractivity contribution is 0.322. The van der Waals surface area contributed by atoms with Crippen LogP contribution in [0, 0.1) is 0 Å². The number of oxime groups is 1. The van der Waals surface area contributed by atoms with Crippen LogP contribution in [0.15, 0.2) is 29.4 Å². The average molecular weight is 169 g/mol. The van der Waals surface area contributed by atoms with E-state index in [9.17, 15) is 0 Å². The summed E-state index contributed by atoms with van der Waals surface area (Å²) in [5.74, 6) is 0. The van der Waals surface area contributed by atoms with Gasteiger partial charge in [0.25, 0.3) is 0 Å². The van der Waals surface area contributed by atoms with Gasteiger partial charge in [-0.2, -0.15) is 0 Å². The second-order valence-corrected chi connectivity index (χ2v) is 2.16. The summed E-state index contributed by atoms with van der Waals surface area (Å²) in [4.78, 5) is 0. The van der Waals surface area contributed by atoms with E-state index in [0.717, 1.165) is 11.0 Å². The summed E-state index contributed by atoms with van der Waals surface area (Å²) in [6.45, 7) is 0. The molecule has 1 aromatic carbocycles. The summed E-state index contributed by atoms with van der Waals surface area (Å²) >= 11 is 0. The molecule has 0 aliphatic carbocycles. The Bertz CT molecular complexity index is 252. The van der Waals surface area contributed by atoms with Crippen molar-refractivity contribution in [3.8, 4) is 0 Å². The van der Waals surface area contributed by atoms with Gasteiger partial charge in [0.2, 0.25) is 0 Å². The van der Waals surface area contributed by atoms with E-state index in [1.54, 1.807) is 0 Å². The van der Waals surface area contributed by atoms with Crippen LogP contribution in [0.1, 0.15) is 5.56 Å². The van der Waals surface area contributed by atoms with E-state index in [1.165, 1.54) is 6.21 Å². The van der Waals surface area contributed by atoms with Gasteiger partial charge in [0.1, 0.15) is 7.85 Å². The van der Waals surface area contributed by atoms with Gasteiger partial charge in [0, 0.05) is 0 Å². The normalized spacial score (nSPS) is 8.67. The molecule has 0 amide bonds. The van der Waals surface area contributed by atoms with E-state index in [-0.39, 0.29) is 11.0 Å². The first-order valence-corrected chi connectivity index (χ1v) is 3.07. The molecule has 66 valence electrons. The summed E-state index contributed by atoms with van der Waals surface area (Å²) in [6.07, 6.45) is 1.41. The summed E-state index contributed by atoms with van der Waals surface area (Å²) in [5, 5.41) is 11.1. The highest BCUT2D eigenvalue weighted by Gasteiger charge is 1.86. The highest BCUT2D eigenvalue weighted by molar-refractivity contribution is 6.32. The van der Waals surface area contributed by atoms with Gasteiger partial charge in [-0.1, -0.05) is 34.9 Å². The van der Waals surface area contributed by atoms with Crippen molar-refractivity contribution in [3.63, 3.8) is 0 Å². The molecule has 0 aliphatic rings. The van der Waals surface area contributed by atoms with Gasteiger partial charge in [-0.3, -0.25) is 0 Å². The zero-order valence-electron chi connectivity index (χ0n) is 6.78. The molecule has 0 spiro atoms. The Labute approximate surface area is 71.6 Å². The largest absolute Gasteiger partial charge is 0.412 e. The van der Waals surface area contributed by atoms with E-state index >= 15 is 0 Å². The van der Waals surface area contributed by atoms with Gasteiger partial charge in [-0.05, 0) is 5.56 Å². The van der Waals surface area contributed by atoms with Crippen LogP contribution in [-0.4, -0.2) is 30.2 Å². The van der Waals surface area contributed by atoms with Gasteiger partial charge in [-0.15, -0.1) is 0 Å². The lowest BCUT2D eigenvalue weighted by Gasteiger charge is -1.92. The molecule has 1 rings (SSSR count). The van der Waals surface area contributed by atoms with Crippen molar-refractivity contribution >= 4 is 19.5 Å². The monoisotopic (exact) mass is 169 g/mol. The molecular weight excluding hydrogens is 157 g/mol. The number of benzene rings is 1. The molecule has 0 saturated heterocycles. The Balaban J connectivity index is 0. The fourth-order valence-corrected chi connectivity index (χ4v) is 0.817. The van der Waals surface area contributed by atoms with Crippen LogP contribution >= 0.6 is 0 Å². The van der Waals surface area contributed by atoms with Crippen LogP contribution in [0.25, 0.3) is 0 Å². The van der Waals surface area contributed by atoms with Gasteiger partial charge in [0.05, 0.1) is 6.21 Å². The van der Waals surface area contributed by atoms with Gasteiger partial charge in [-0.25, -0.2) is 0 Å². The van der Waals surface area contributed by atoms with Crippen LogP contribution in [0.3, 0.4) is 0 Å². The maximum atomic E-state index is 8.18. The molecule has 1 aromatic rings. The first-order valence-electron chi connectivity index (χ1n) is 3.07. The first kappa shape index (κ1) is 13.3. The highest BCUT2D eigenvalue weighted by atomic mass is 16.4. The summed E-state index contributed by atoms with van der Waals surface area (Å²) < 4.78 is 0. The van der Waals surface area contributed by atoms with Crippen molar-refractivity contribution in [3.05, 3.63) is 29.8 Å². The standard InChI is InChI=1S/C7H8BNO.2H2O/c8-7-3-1-2-6(4-7)5-9-10;;/h1-5,10H,8H2;2*1H2. The lowest BCUT2D eigenvalue weighted by atomic mass is 9.95. The van der Waals surface area contributed by atoms with E-state index in [2.05, 4.69) is 5.16 Å². The number of nitrogens with zero attached hydrogens (tertiary/aromatic N) is 1. The van der Waals surface area contributed by atoms with Crippen LogP contribution in [0.5, 0.6) is 0 Å². The van der Waals surface area contributed by atoms with E-state index in [1.807, 2.05) is 32.1 Å². The predicted octanol–water partition coefficient (Wildman–Crippen LogP) is -1.90. The third-order valence-corrected chi connectivity index (χ3v) is 1.25. The SMILES string of the molecule is Bc1cccc(C=NO)c1.O.O. The van der Waals surface area contributed by atoms with E-state index in [4.69, 9.17) is 5.21 Å². The molecule has 0 aromatic heterocycles. The topological polar surface area (TPSA) is 95.6 Å². The average Bonchev–Trinajstić information content (AvgIpc) is 1.88. The molecule has 0 unspecified atom stereocenters. The van der Waals surface area contributed by atoms with E-state index in [0.29, 0.717) is 0 Å². The molecule has 0 radical (unpaired) electrons. The Hall–Kier alpha value is -1.33. The van der Waals surface area contributed by atoms with Gasteiger partial charge in [0.15, 0.2) is 0 Å². The molecule has 4 nitrogen and oxygen atoms in total. The van der Waals surface area contributed by atoms with E-state index < -0.39 is 0 Å². The van der Waals surface area contributed by atoms with Crippen LogP contribution in [0.4, 0.5) is 0 Å². The Morgan fingerprint density at radius 2 is 2.00 bits per heavy atom. The Morgan fingerprint density at radius 3 is 2.50 bits per heavy atom. The molecule has 0 heterocycles. The number of rotatable bonds is 1. The Morgan fingerprint density at radius 1 is 1.33 bits per heavy atom. The van der Waals surface area contributed by atoms with Crippen molar-refractivity contribution < 1.29 is 16.2 Å². The number of hydrogen-bond acceptors (Lipinski definition) is 2. The fourth-order valence-electron chi connectivity index (χ4n) is 0.817. The molecule has 12 heavy (non-hydrogen) atoms. The van der Waals surface area contributed by atoms with Crippen LogP contribution < -0.4 is 5.46 Å². The van der Waals surface area contributed by atoms with Crippen molar-refractivity contribution in [1.29, 1.82) is 0 Å². The quantitative estimate of drug-likeness (QED) is 0.226. The van der Waals surface area contributed by atoms with Crippen LogP contribution in [0.2, 0.25) is 0 Å². The zero-order valence-corrected chi connectivity index (χ0v) is 6.78. The van der Waals surface area contributed by atoms with Gasteiger partial charge >= 0.3 is 0 Å². The van der Waals surface area contributed by atoms with Crippen LogP contribution in [-0.2, 0) is 0 Å². The van der Waals surface area contributed by atoms with Crippen molar-refractivity contribution in [2.24, 2.45) is 5.16 Å². The zero-order chi connectivity index (χ0) is 7.40. The third kappa shape index (κ3) is 3.75. The summed E-state index contributed by atoms with van der Waals surface area (Å²) in [5.41, 5.74) is 2.08. The molecule has 0 saturated carbocycles. The molecular formula is C7H12BNO3. The van der Waals surface area contributed by atoms with Crippen molar-refractivity contribution in [2.45, 2.75) is 0 Å². The third-order valence-electron chi connectivity index (χ3n) is 1.25. The van der Waals surface area contributed by atoms with Crippen molar-refractivity contribution in [1.82, 2.24) is 0 Å². The molecule has 5 N–H and O–H groups in total. The summed E-state index contributed by atoms with van der Waals surface area (Å²) in [7, 11) is 1.99. The minimum absolute atomic E-state index is 0. The van der Waals surface area contributed by atoms with Gasteiger partial charge < -0.3 is 16.2 Å². The first-order chi connectivity index (χ1) is 4.83.